The quantitative estimate of drug-likeness (QED) is 0.229. The number of hydrogen-bond acceptors (Lipinski definition) is 6. The molecule has 10 heteroatoms. The average Bonchev–Trinajstić information content (AvgIpc) is 3.63. The number of H-pyrrole nitrogens is 2. The van der Waals surface area contributed by atoms with Crippen LogP contribution in [0.15, 0.2) is 24.3 Å². The molecule has 0 unspecified atom stereocenters. The molecule has 0 aliphatic carbocycles. The van der Waals surface area contributed by atoms with Gasteiger partial charge in [0.1, 0.15) is 0 Å². The molecule has 0 saturated carbocycles. The van der Waals surface area contributed by atoms with Gasteiger partial charge in [0.2, 0.25) is 16.6 Å². The zero-order chi connectivity index (χ0) is 35.3. The summed E-state index contributed by atoms with van der Waals surface area (Å²) >= 11 is 0. The highest BCUT2D eigenvalue weighted by Crippen LogP contribution is 2.37. The standard InChI is InChI=1S/C38H50N4O4Si2/c1-13-25-21(3)28-17-29-23(5)27(15-16-36(43)45-47(7,8)9)34(41-29)20-35-37(38(44)46-48(10,11)12)24(6)31(42-35)19-33-26(14-2)22(4)30(40-33)18-32(25)39-28/h17-20,40,42H,13-16H2,1-12H3. The van der Waals surface area contributed by atoms with E-state index in [1.165, 1.54) is 16.7 Å². The molecular weight excluding hydrogens is 633 g/mol. The molecule has 254 valence electrons. The highest BCUT2D eigenvalue weighted by atomic mass is 28.4. The zero-order valence-corrected chi connectivity index (χ0v) is 32.7. The van der Waals surface area contributed by atoms with Crippen molar-refractivity contribution in [2.45, 2.75) is 107 Å². The van der Waals surface area contributed by atoms with Crippen LogP contribution in [0.25, 0.3) is 44.4 Å². The number of nitrogens with zero attached hydrogens (tertiary/aromatic N) is 2. The summed E-state index contributed by atoms with van der Waals surface area (Å²) in [5, 5.41) is 0. The predicted molar refractivity (Wildman–Crippen MR) is 203 cm³/mol. The molecule has 0 spiro atoms. The fraction of sp³-hybridized carbons (Fsp3) is 0.421. The van der Waals surface area contributed by atoms with Crippen molar-refractivity contribution in [3.05, 3.63) is 69.3 Å². The monoisotopic (exact) mass is 682 g/mol. The summed E-state index contributed by atoms with van der Waals surface area (Å²) in [5.41, 5.74) is 14.8. The summed E-state index contributed by atoms with van der Waals surface area (Å²) in [4.78, 5) is 44.2. The Morgan fingerprint density at radius 2 is 1.19 bits per heavy atom. The normalized spacial score (nSPS) is 13.8. The fourth-order valence-electron chi connectivity index (χ4n) is 6.59. The van der Waals surface area contributed by atoms with Gasteiger partial charge in [-0.15, -0.1) is 0 Å². The molecule has 3 aromatic heterocycles. The predicted octanol–water partition coefficient (Wildman–Crippen LogP) is 9.92. The summed E-state index contributed by atoms with van der Waals surface area (Å²) in [6.45, 7) is 24.7. The van der Waals surface area contributed by atoms with Crippen LogP contribution in [0.3, 0.4) is 0 Å². The molecule has 8 bridgehead atoms. The molecule has 2 aliphatic heterocycles. The van der Waals surface area contributed by atoms with Gasteiger partial charge < -0.3 is 18.8 Å². The number of fused-ring (bicyclic) bond motifs is 8. The van der Waals surface area contributed by atoms with E-state index in [2.05, 4.69) is 55.9 Å². The van der Waals surface area contributed by atoms with Gasteiger partial charge >= 0.3 is 5.97 Å². The number of aromatic nitrogens is 4. The Balaban J connectivity index is 1.87. The van der Waals surface area contributed by atoms with Gasteiger partial charge in [0.05, 0.1) is 33.9 Å². The highest BCUT2D eigenvalue weighted by Gasteiger charge is 2.27. The molecule has 3 aromatic rings. The van der Waals surface area contributed by atoms with Crippen LogP contribution in [0.2, 0.25) is 39.3 Å². The van der Waals surface area contributed by atoms with Gasteiger partial charge in [-0.25, -0.2) is 14.8 Å². The second-order valence-electron chi connectivity index (χ2n) is 14.9. The van der Waals surface area contributed by atoms with Crippen LogP contribution in [0.4, 0.5) is 0 Å². The van der Waals surface area contributed by atoms with Crippen LogP contribution >= 0.6 is 0 Å². The van der Waals surface area contributed by atoms with E-state index in [1.807, 2.05) is 59.2 Å². The van der Waals surface area contributed by atoms with E-state index in [0.29, 0.717) is 23.2 Å². The summed E-state index contributed by atoms with van der Waals surface area (Å²) < 4.78 is 11.8. The van der Waals surface area contributed by atoms with Crippen molar-refractivity contribution in [1.82, 2.24) is 19.9 Å². The second-order valence-corrected chi connectivity index (χ2v) is 23.7. The number of nitrogens with one attached hydrogen (secondary N) is 2. The zero-order valence-electron chi connectivity index (χ0n) is 30.7. The maximum Gasteiger partial charge on any atom is 0.327 e. The summed E-state index contributed by atoms with van der Waals surface area (Å²) in [5.74, 6) is -0.546. The van der Waals surface area contributed by atoms with E-state index in [4.69, 9.17) is 18.8 Å². The Bertz CT molecular complexity index is 2050. The lowest BCUT2D eigenvalue weighted by Gasteiger charge is -2.17. The van der Waals surface area contributed by atoms with Crippen molar-refractivity contribution in [2.24, 2.45) is 0 Å². The summed E-state index contributed by atoms with van der Waals surface area (Å²) in [7, 11) is -4.24. The van der Waals surface area contributed by atoms with Crippen molar-refractivity contribution in [3.8, 4) is 0 Å². The van der Waals surface area contributed by atoms with Crippen molar-refractivity contribution in [3.63, 3.8) is 0 Å². The van der Waals surface area contributed by atoms with E-state index in [9.17, 15) is 9.59 Å². The molecule has 48 heavy (non-hydrogen) atoms. The Hall–Kier alpha value is -4.03. The van der Waals surface area contributed by atoms with Crippen molar-refractivity contribution >= 4 is 72.9 Å². The Labute approximate surface area is 286 Å². The van der Waals surface area contributed by atoms with Crippen LogP contribution < -0.4 is 0 Å². The van der Waals surface area contributed by atoms with Crippen molar-refractivity contribution in [1.29, 1.82) is 0 Å². The lowest BCUT2D eigenvalue weighted by molar-refractivity contribution is -0.134. The van der Waals surface area contributed by atoms with Gasteiger partial charge in [-0.1, -0.05) is 13.8 Å². The fourth-order valence-corrected chi connectivity index (χ4v) is 8.03. The third kappa shape index (κ3) is 7.19. The Kier molecular flexibility index (Phi) is 9.64. The molecule has 5 heterocycles. The molecule has 0 saturated heterocycles. The Morgan fingerprint density at radius 3 is 1.77 bits per heavy atom. The van der Waals surface area contributed by atoms with E-state index in [1.54, 1.807) is 0 Å². The third-order valence-corrected chi connectivity index (χ3v) is 10.6. The van der Waals surface area contributed by atoms with Crippen LogP contribution in [-0.4, -0.2) is 48.5 Å². The minimum atomic E-state index is -2.20. The van der Waals surface area contributed by atoms with Crippen LogP contribution in [0, 0.1) is 13.8 Å². The molecular formula is C38H50N4O4Si2. The number of allylic oxidation sites excluding steroid dienone is 4. The molecule has 0 fully saturated rings. The first-order chi connectivity index (χ1) is 22.4. The van der Waals surface area contributed by atoms with Gasteiger partial charge in [0.25, 0.3) is 5.97 Å². The smallest absolute Gasteiger partial charge is 0.327 e. The van der Waals surface area contributed by atoms with Gasteiger partial charge in [0.15, 0.2) is 0 Å². The number of hydrogen-bond donors (Lipinski definition) is 2. The summed E-state index contributed by atoms with van der Waals surface area (Å²) in [6, 6.07) is 8.25. The third-order valence-electron chi connectivity index (χ3n) is 8.98. The molecule has 8 nitrogen and oxygen atoms in total. The lowest BCUT2D eigenvalue weighted by Crippen LogP contribution is -2.29. The molecule has 0 atom stereocenters. The van der Waals surface area contributed by atoms with Gasteiger partial charge in [-0.3, -0.25) is 4.79 Å². The second kappa shape index (κ2) is 13.1. The molecule has 0 aromatic carbocycles. The Morgan fingerprint density at radius 1 is 0.646 bits per heavy atom. The first-order valence-electron chi connectivity index (χ1n) is 17.0. The molecule has 2 aliphatic rings. The average molecular weight is 683 g/mol. The first-order valence-corrected chi connectivity index (χ1v) is 23.8. The largest absolute Gasteiger partial charge is 0.520 e. The number of aryl methyl sites for hydroxylation is 3. The van der Waals surface area contributed by atoms with E-state index >= 15 is 0 Å². The van der Waals surface area contributed by atoms with Gasteiger partial charge in [-0.2, -0.15) is 0 Å². The maximum absolute atomic E-state index is 13.8. The number of carbonyl (C=O) groups excluding carboxylic acids is 2. The van der Waals surface area contributed by atoms with Gasteiger partial charge in [-0.05, 0) is 149 Å². The SMILES string of the molecule is CCC1=C(C)c2cc3nc(cc4[nH]c(cc5[nH]c(cc1n2)c(C)c5CC)c(C)c4C(=O)O[Si](C)(C)C)C(CCC(=O)O[Si](C)(C)C)=C3C. The molecule has 0 amide bonds. The minimum Gasteiger partial charge on any atom is -0.520 e. The lowest BCUT2D eigenvalue weighted by atomic mass is 10.00. The maximum atomic E-state index is 13.8. The number of rotatable bonds is 8. The van der Waals surface area contributed by atoms with E-state index in [-0.39, 0.29) is 18.4 Å². The number of carbonyl (C=O) groups is 2. The highest BCUT2D eigenvalue weighted by molar-refractivity contribution is 6.71. The van der Waals surface area contributed by atoms with Crippen LogP contribution in [0.1, 0.15) is 96.8 Å². The van der Waals surface area contributed by atoms with E-state index in [0.717, 1.165) is 68.8 Å². The van der Waals surface area contributed by atoms with Gasteiger partial charge in [0, 0.05) is 23.0 Å². The minimum absolute atomic E-state index is 0.204. The van der Waals surface area contributed by atoms with Crippen molar-refractivity contribution < 1.29 is 18.4 Å². The number of aromatic amines is 2. The van der Waals surface area contributed by atoms with Crippen LogP contribution in [-0.2, 0) is 20.1 Å². The van der Waals surface area contributed by atoms with E-state index < -0.39 is 16.6 Å². The first kappa shape index (κ1) is 35.3. The molecule has 0 radical (unpaired) electrons. The molecule has 2 N–H and O–H groups in total. The molecule has 5 rings (SSSR count). The van der Waals surface area contributed by atoms with Crippen molar-refractivity contribution in [2.75, 3.05) is 0 Å². The summed E-state index contributed by atoms with van der Waals surface area (Å²) in [6.07, 6.45) is 2.41. The van der Waals surface area contributed by atoms with Crippen LogP contribution in [0.5, 0.6) is 0 Å². The topological polar surface area (TPSA) is 110 Å².